The Morgan fingerprint density at radius 3 is 2.58 bits per heavy atom. The van der Waals surface area contributed by atoms with E-state index in [1.807, 2.05) is 30.3 Å². The van der Waals surface area contributed by atoms with Gasteiger partial charge < -0.3 is 4.74 Å². The molecule has 3 aromatic carbocycles. The molecule has 1 amide bonds. The zero-order chi connectivity index (χ0) is 17.9. The largest absolute Gasteiger partial charge is 0.367 e. The Balaban J connectivity index is 1.54. The Labute approximate surface area is 152 Å². The van der Waals surface area contributed by atoms with E-state index >= 15 is 0 Å². The van der Waals surface area contributed by atoms with Gasteiger partial charge in [0.25, 0.3) is 5.91 Å². The second-order valence-electron chi connectivity index (χ2n) is 6.41. The fourth-order valence-corrected chi connectivity index (χ4v) is 3.63. The molecule has 0 aliphatic heterocycles. The van der Waals surface area contributed by atoms with Crippen LogP contribution >= 0.6 is 0 Å². The lowest BCUT2D eigenvalue weighted by molar-refractivity contribution is -0.131. The van der Waals surface area contributed by atoms with Crippen molar-refractivity contribution in [1.29, 1.82) is 0 Å². The maximum atomic E-state index is 12.4. The summed E-state index contributed by atoms with van der Waals surface area (Å²) in [6.07, 6.45) is 3.21. The number of carbonyl (C=O) groups excluding carboxylic acids is 1. The van der Waals surface area contributed by atoms with Crippen LogP contribution in [0.3, 0.4) is 0 Å². The Bertz CT molecular complexity index is 970. The molecule has 26 heavy (non-hydrogen) atoms. The molecule has 4 heteroatoms. The summed E-state index contributed by atoms with van der Waals surface area (Å²) in [7, 11) is 1.52. The van der Waals surface area contributed by atoms with Crippen LogP contribution < -0.4 is 5.43 Å². The first-order chi connectivity index (χ1) is 12.8. The number of methoxy groups -OCH3 is 1. The van der Waals surface area contributed by atoms with Crippen LogP contribution in [0.5, 0.6) is 0 Å². The van der Waals surface area contributed by atoms with Crippen molar-refractivity contribution in [1.82, 2.24) is 5.43 Å². The average molecular weight is 344 g/mol. The van der Waals surface area contributed by atoms with E-state index in [0.717, 1.165) is 24.0 Å². The van der Waals surface area contributed by atoms with Crippen LogP contribution in [0.2, 0.25) is 0 Å². The number of nitrogens with one attached hydrogen (secondary N) is 1. The fraction of sp³-hybridized carbons (Fsp3) is 0.182. The molecular weight excluding hydrogens is 324 g/mol. The molecule has 4 rings (SSSR count). The molecule has 4 nitrogen and oxygen atoms in total. The van der Waals surface area contributed by atoms with Crippen molar-refractivity contribution in [3.63, 3.8) is 0 Å². The summed E-state index contributed by atoms with van der Waals surface area (Å²) < 4.78 is 5.32. The molecule has 1 aliphatic carbocycles. The fourth-order valence-electron chi connectivity index (χ4n) is 3.63. The summed E-state index contributed by atoms with van der Waals surface area (Å²) in [5.41, 5.74) is 7.17. The Morgan fingerprint density at radius 1 is 1.04 bits per heavy atom. The monoisotopic (exact) mass is 344 g/mol. The number of amides is 1. The van der Waals surface area contributed by atoms with Gasteiger partial charge in [0, 0.05) is 12.7 Å². The van der Waals surface area contributed by atoms with Crippen molar-refractivity contribution in [2.45, 2.75) is 18.9 Å². The van der Waals surface area contributed by atoms with E-state index in [-0.39, 0.29) is 5.91 Å². The molecule has 3 aromatic rings. The molecule has 0 heterocycles. The summed E-state index contributed by atoms with van der Waals surface area (Å²) in [5.74, 6) is -0.291. The normalized spacial score (nSPS) is 14.0. The Hall–Kier alpha value is -2.98. The summed E-state index contributed by atoms with van der Waals surface area (Å²) >= 11 is 0. The summed E-state index contributed by atoms with van der Waals surface area (Å²) in [5, 5.41) is 6.68. The van der Waals surface area contributed by atoms with Crippen LogP contribution in [0.4, 0.5) is 0 Å². The van der Waals surface area contributed by atoms with Crippen molar-refractivity contribution in [2.24, 2.45) is 5.10 Å². The molecule has 0 radical (unpaired) electrons. The third-order valence-corrected chi connectivity index (χ3v) is 4.87. The van der Waals surface area contributed by atoms with Gasteiger partial charge in [-0.15, -0.1) is 0 Å². The number of hydrogen-bond acceptors (Lipinski definition) is 3. The van der Waals surface area contributed by atoms with Crippen molar-refractivity contribution in [2.75, 3.05) is 7.11 Å². The van der Waals surface area contributed by atoms with Crippen LogP contribution in [-0.2, 0) is 22.4 Å². The van der Waals surface area contributed by atoms with Gasteiger partial charge >= 0.3 is 0 Å². The molecule has 0 aromatic heterocycles. The molecular formula is C22H20N2O2. The van der Waals surface area contributed by atoms with E-state index in [4.69, 9.17) is 4.74 Å². The zero-order valence-electron chi connectivity index (χ0n) is 14.6. The van der Waals surface area contributed by atoms with E-state index in [1.54, 1.807) is 6.21 Å². The van der Waals surface area contributed by atoms with Gasteiger partial charge in [-0.3, -0.25) is 4.79 Å². The predicted molar refractivity (Wildman–Crippen MR) is 103 cm³/mol. The second-order valence-corrected chi connectivity index (χ2v) is 6.41. The number of hydrogen-bond donors (Lipinski definition) is 1. The summed E-state index contributed by atoms with van der Waals surface area (Å²) in [6.45, 7) is 0. The minimum absolute atomic E-state index is 0.291. The number of rotatable bonds is 5. The first kappa shape index (κ1) is 16.5. The Morgan fingerprint density at radius 2 is 1.81 bits per heavy atom. The maximum Gasteiger partial charge on any atom is 0.273 e. The molecule has 0 saturated carbocycles. The van der Waals surface area contributed by atoms with Crippen LogP contribution in [0, 0.1) is 0 Å². The zero-order valence-corrected chi connectivity index (χ0v) is 14.6. The number of hydrazone groups is 1. The first-order valence-corrected chi connectivity index (χ1v) is 8.72. The molecule has 1 atom stereocenters. The van der Waals surface area contributed by atoms with Crippen molar-refractivity contribution < 1.29 is 9.53 Å². The highest BCUT2D eigenvalue weighted by Gasteiger charge is 2.19. The lowest BCUT2D eigenvalue weighted by atomic mass is 10.0. The number of ether oxygens (including phenoxy) is 1. The quantitative estimate of drug-likeness (QED) is 0.566. The van der Waals surface area contributed by atoms with Gasteiger partial charge in [-0.05, 0) is 40.3 Å². The maximum absolute atomic E-state index is 12.4. The van der Waals surface area contributed by atoms with E-state index in [0.29, 0.717) is 0 Å². The van der Waals surface area contributed by atoms with E-state index in [2.05, 4.69) is 40.9 Å². The molecule has 0 fully saturated rings. The lowest BCUT2D eigenvalue weighted by Crippen LogP contribution is -2.26. The van der Waals surface area contributed by atoms with Crippen LogP contribution in [0.1, 0.15) is 28.4 Å². The van der Waals surface area contributed by atoms with Gasteiger partial charge in [0.1, 0.15) is 0 Å². The second kappa shape index (κ2) is 7.10. The van der Waals surface area contributed by atoms with E-state index in [1.165, 1.54) is 29.0 Å². The van der Waals surface area contributed by atoms with Crippen LogP contribution in [0.25, 0.3) is 10.8 Å². The number of aryl methyl sites for hydroxylation is 2. The van der Waals surface area contributed by atoms with E-state index < -0.39 is 6.10 Å². The SMILES string of the molecule is CO[C@@H](C(=O)N/N=C\c1ccc2c3c(cccc13)CC2)c1ccccc1. The standard InChI is InChI=1S/C22H20N2O2/c1-26-21(17-6-3-2-4-7-17)22(25)24-23-14-18-13-12-16-11-10-15-8-5-9-19(18)20(15)16/h2-9,12-14,21H,10-11H2,1H3,(H,24,25)/b23-14-/t21-/m1/s1. The third-order valence-electron chi connectivity index (χ3n) is 4.87. The lowest BCUT2D eigenvalue weighted by Gasteiger charge is -2.13. The minimum atomic E-state index is -0.679. The number of carbonyl (C=O) groups is 1. The van der Waals surface area contributed by atoms with Crippen LogP contribution in [0.15, 0.2) is 65.8 Å². The van der Waals surface area contributed by atoms with Crippen molar-refractivity contribution >= 4 is 22.9 Å². The van der Waals surface area contributed by atoms with Gasteiger partial charge in [0.2, 0.25) is 0 Å². The van der Waals surface area contributed by atoms with E-state index in [9.17, 15) is 4.79 Å². The summed E-state index contributed by atoms with van der Waals surface area (Å²) in [6, 6.07) is 20.0. The molecule has 0 spiro atoms. The minimum Gasteiger partial charge on any atom is -0.367 e. The number of benzene rings is 3. The smallest absolute Gasteiger partial charge is 0.273 e. The molecule has 0 saturated heterocycles. The Kier molecular flexibility index (Phi) is 4.50. The topological polar surface area (TPSA) is 50.7 Å². The third kappa shape index (κ3) is 3.00. The van der Waals surface area contributed by atoms with Gasteiger partial charge in [-0.2, -0.15) is 5.10 Å². The highest BCUT2D eigenvalue weighted by atomic mass is 16.5. The highest BCUT2D eigenvalue weighted by Crippen LogP contribution is 2.32. The molecule has 0 bridgehead atoms. The predicted octanol–water partition coefficient (Wildman–Crippen LogP) is 3.78. The summed E-state index contributed by atoms with van der Waals surface area (Å²) in [4.78, 5) is 12.4. The van der Waals surface area contributed by atoms with Crippen molar-refractivity contribution in [3.05, 3.63) is 82.9 Å². The molecule has 130 valence electrons. The molecule has 1 N–H and O–H groups in total. The van der Waals surface area contributed by atoms with Gasteiger partial charge in [0.15, 0.2) is 6.10 Å². The van der Waals surface area contributed by atoms with Gasteiger partial charge in [-0.25, -0.2) is 5.43 Å². The van der Waals surface area contributed by atoms with Gasteiger partial charge in [-0.1, -0.05) is 60.7 Å². The number of nitrogens with zero attached hydrogens (tertiary/aromatic N) is 1. The first-order valence-electron chi connectivity index (χ1n) is 8.72. The molecule has 0 unspecified atom stereocenters. The average Bonchev–Trinajstić information content (AvgIpc) is 3.10. The van der Waals surface area contributed by atoms with Crippen molar-refractivity contribution in [3.8, 4) is 0 Å². The molecule has 1 aliphatic rings. The highest BCUT2D eigenvalue weighted by molar-refractivity contribution is 6.03. The van der Waals surface area contributed by atoms with Gasteiger partial charge in [0.05, 0.1) is 6.21 Å². The van der Waals surface area contributed by atoms with Crippen LogP contribution in [-0.4, -0.2) is 19.2 Å².